The second-order valence-corrected chi connectivity index (χ2v) is 8.80. The molecule has 33 heavy (non-hydrogen) atoms. The van der Waals surface area contributed by atoms with Crippen LogP contribution in [0.5, 0.6) is 0 Å². The second kappa shape index (κ2) is 7.83. The van der Waals surface area contributed by atoms with Gasteiger partial charge < -0.3 is 19.9 Å². The number of aliphatic hydroxyl groups is 1. The van der Waals surface area contributed by atoms with Crippen molar-refractivity contribution in [3.05, 3.63) is 72.4 Å². The molecular formula is C25H25FN6O. The minimum Gasteiger partial charge on any atom is -0.396 e. The van der Waals surface area contributed by atoms with Gasteiger partial charge in [-0.3, -0.25) is 0 Å². The van der Waals surface area contributed by atoms with E-state index in [9.17, 15) is 9.50 Å². The molecule has 2 aromatic heterocycles. The highest BCUT2D eigenvalue weighted by molar-refractivity contribution is 5.71. The topological polar surface area (TPSA) is 71.1 Å². The molecule has 0 spiro atoms. The first kappa shape index (κ1) is 20.1. The smallest absolute Gasteiger partial charge is 0.179 e. The normalized spacial score (nSPS) is 19.2. The van der Waals surface area contributed by atoms with E-state index in [1.54, 1.807) is 18.5 Å². The van der Waals surface area contributed by atoms with Crippen LogP contribution in [0, 0.1) is 11.7 Å². The Morgan fingerprint density at radius 2 is 1.94 bits per heavy atom. The molecule has 0 saturated carbocycles. The standard InChI is InChI=1S/C25H25FN6O/c1-27-22-13-30(12-19(22)14-33)21-6-7-23-18(8-21)11-31-10-17(16-2-4-20(26)5-3-16)9-24(31)25-28-15-29-32(23)25/h2-10,15,19,22,27,33H,11-14H2,1H3/t19-,22+/m1/s1. The van der Waals surface area contributed by atoms with Crippen molar-refractivity contribution in [2.45, 2.75) is 12.6 Å². The van der Waals surface area contributed by atoms with Crippen LogP contribution in [0.3, 0.4) is 0 Å². The molecule has 1 saturated heterocycles. The molecule has 0 amide bonds. The van der Waals surface area contributed by atoms with E-state index < -0.39 is 0 Å². The molecule has 0 unspecified atom stereocenters. The quantitative estimate of drug-likeness (QED) is 0.446. The predicted octanol–water partition coefficient (Wildman–Crippen LogP) is 2.92. The van der Waals surface area contributed by atoms with E-state index in [0.29, 0.717) is 6.54 Å². The maximum Gasteiger partial charge on any atom is 0.179 e. The van der Waals surface area contributed by atoms with E-state index in [0.717, 1.165) is 52.7 Å². The number of nitrogens with zero attached hydrogens (tertiary/aromatic N) is 5. The van der Waals surface area contributed by atoms with Crippen LogP contribution in [0.15, 0.2) is 61.1 Å². The Balaban J connectivity index is 1.40. The fraction of sp³-hybridized carbons (Fsp3) is 0.280. The highest BCUT2D eigenvalue weighted by atomic mass is 19.1. The van der Waals surface area contributed by atoms with Gasteiger partial charge in [0.1, 0.15) is 12.1 Å². The van der Waals surface area contributed by atoms with Crippen LogP contribution in [0.1, 0.15) is 5.56 Å². The number of hydrogen-bond donors (Lipinski definition) is 2. The summed E-state index contributed by atoms with van der Waals surface area (Å²) in [4.78, 5) is 6.87. The van der Waals surface area contributed by atoms with Crippen LogP contribution < -0.4 is 10.2 Å². The molecule has 4 aromatic rings. The minimum absolute atomic E-state index is 0.175. The van der Waals surface area contributed by atoms with Crippen molar-refractivity contribution in [3.8, 4) is 28.3 Å². The van der Waals surface area contributed by atoms with Crippen LogP contribution in [0.25, 0.3) is 28.3 Å². The molecule has 2 aliphatic rings. The van der Waals surface area contributed by atoms with Crippen LogP contribution in [-0.2, 0) is 6.54 Å². The maximum absolute atomic E-state index is 13.4. The van der Waals surface area contributed by atoms with Crippen molar-refractivity contribution >= 4 is 5.69 Å². The summed E-state index contributed by atoms with van der Waals surface area (Å²) >= 11 is 0. The summed E-state index contributed by atoms with van der Waals surface area (Å²) in [6.07, 6.45) is 3.68. The van der Waals surface area contributed by atoms with E-state index >= 15 is 0 Å². The summed E-state index contributed by atoms with van der Waals surface area (Å²) in [5.74, 6) is 0.753. The lowest BCUT2D eigenvalue weighted by Crippen LogP contribution is -2.34. The van der Waals surface area contributed by atoms with E-state index in [1.807, 2.05) is 11.7 Å². The van der Waals surface area contributed by atoms with E-state index in [-0.39, 0.29) is 24.4 Å². The van der Waals surface area contributed by atoms with Gasteiger partial charge in [0.25, 0.3) is 0 Å². The Morgan fingerprint density at radius 1 is 1.09 bits per heavy atom. The molecule has 2 atom stereocenters. The van der Waals surface area contributed by atoms with Gasteiger partial charge >= 0.3 is 0 Å². The highest BCUT2D eigenvalue weighted by Crippen LogP contribution is 2.35. The zero-order chi connectivity index (χ0) is 22.5. The lowest BCUT2D eigenvalue weighted by molar-refractivity contribution is 0.219. The van der Waals surface area contributed by atoms with Gasteiger partial charge in [0.2, 0.25) is 0 Å². The summed E-state index contributed by atoms with van der Waals surface area (Å²) in [5.41, 5.74) is 6.25. The summed E-state index contributed by atoms with van der Waals surface area (Å²) in [7, 11) is 1.95. The van der Waals surface area contributed by atoms with Crippen LogP contribution >= 0.6 is 0 Å². The Morgan fingerprint density at radius 3 is 2.70 bits per heavy atom. The van der Waals surface area contributed by atoms with Gasteiger partial charge in [0.05, 0.1) is 11.4 Å². The third-order valence-electron chi connectivity index (χ3n) is 6.89. The number of aromatic nitrogens is 4. The van der Waals surface area contributed by atoms with Crippen molar-refractivity contribution in [1.29, 1.82) is 0 Å². The molecule has 7 nitrogen and oxygen atoms in total. The van der Waals surface area contributed by atoms with Gasteiger partial charge in [-0.15, -0.1) is 0 Å². The molecule has 0 bridgehead atoms. The van der Waals surface area contributed by atoms with Crippen molar-refractivity contribution in [2.24, 2.45) is 5.92 Å². The first-order valence-corrected chi connectivity index (χ1v) is 11.2. The molecule has 0 radical (unpaired) electrons. The molecule has 168 valence electrons. The molecule has 6 rings (SSSR count). The Hall–Kier alpha value is -3.49. The van der Waals surface area contributed by atoms with E-state index in [1.165, 1.54) is 12.1 Å². The SMILES string of the molecule is CN[C@H]1CN(c2ccc3c(c2)Cn2cc(-c4ccc(F)cc4)cc2-c2ncnn2-3)C[C@@H]1CO. The third-order valence-corrected chi connectivity index (χ3v) is 6.89. The van der Waals surface area contributed by atoms with Crippen molar-refractivity contribution in [2.75, 3.05) is 31.6 Å². The van der Waals surface area contributed by atoms with Gasteiger partial charge in [-0.25, -0.2) is 14.1 Å². The summed E-state index contributed by atoms with van der Waals surface area (Å²) in [6.45, 7) is 2.53. The third kappa shape index (κ3) is 3.34. The number of halogens is 1. The average molecular weight is 445 g/mol. The second-order valence-electron chi connectivity index (χ2n) is 8.80. The van der Waals surface area contributed by atoms with E-state index in [2.05, 4.69) is 55.3 Å². The van der Waals surface area contributed by atoms with Gasteiger partial charge in [0, 0.05) is 55.6 Å². The molecule has 4 heterocycles. The van der Waals surface area contributed by atoms with E-state index in [4.69, 9.17) is 0 Å². The van der Waals surface area contributed by atoms with Crippen LogP contribution in [-0.4, -0.2) is 57.2 Å². The molecule has 2 aliphatic heterocycles. The molecule has 1 fully saturated rings. The number of hydrogen-bond acceptors (Lipinski definition) is 5. The number of nitrogens with one attached hydrogen (secondary N) is 1. The number of likely N-dealkylation sites (N-methyl/N-ethyl adjacent to an activating group) is 1. The number of fused-ring (bicyclic) bond motifs is 5. The fourth-order valence-electron chi connectivity index (χ4n) is 5.10. The largest absolute Gasteiger partial charge is 0.396 e. The number of rotatable bonds is 4. The maximum atomic E-state index is 13.4. The van der Waals surface area contributed by atoms with Crippen molar-refractivity contribution < 1.29 is 9.50 Å². The van der Waals surface area contributed by atoms with Crippen LogP contribution in [0.2, 0.25) is 0 Å². The monoisotopic (exact) mass is 444 g/mol. The Bertz CT molecular complexity index is 1300. The lowest BCUT2D eigenvalue weighted by atomic mass is 10.1. The number of benzene rings is 2. The first-order valence-electron chi connectivity index (χ1n) is 11.2. The summed E-state index contributed by atoms with van der Waals surface area (Å²) in [5, 5.41) is 17.6. The zero-order valence-electron chi connectivity index (χ0n) is 18.3. The van der Waals surface area contributed by atoms with Gasteiger partial charge in [-0.05, 0) is 54.6 Å². The molecule has 2 N–H and O–H groups in total. The average Bonchev–Trinajstić information content (AvgIpc) is 3.56. The highest BCUT2D eigenvalue weighted by Gasteiger charge is 2.32. The van der Waals surface area contributed by atoms with Crippen LogP contribution in [0.4, 0.5) is 10.1 Å². The summed E-state index contributed by atoms with van der Waals surface area (Å²) < 4.78 is 17.5. The lowest BCUT2D eigenvalue weighted by Gasteiger charge is -2.20. The van der Waals surface area contributed by atoms with Crippen molar-refractivity contribution in [1.82, 2.24) is 24.6 Å². The molecular weight excluding hydrogens is 419 g/mol. The van der Waals surface area contributed by atoms with Gasteiger partial charge in [0.15, 0.2) is 5.82 Å². The minimum atomic E-state index is -0.244. The number of anilines is 1. The fourth-order valence-corrected chi connectivity index (χ4v) is 5.10. The number of aliphatic hydroxyl groups excluding tert-OH is 1. The molecule has 2 aromatic carbocycles. The first-order chi connectivity index (χ1) is 16.1. The zero-order valence-corrected chi connectivity index (χ0v) is 18.3. The van der Waals surface area contributed by atoms with Gasteiger partial charge in [-0.1, -0.05) is 12.1 Å². The Kier molecular flexibility index (Phi) is 4.78. The van der Waals surface area contributed by atoms with Gasteiger partial charge in [-0.2, -0.15) is 5.10 Å². The Labute approximate surface area is 191 Å². The van der Waals surface area contributed by atoms with Crippen molar-refractivity contribution in [3.63, 3.8) is 0 Å². The predicted molar refractivity (Wildman–Crippen MR) is 125 cm³/mol. The summed E-state index contributed by atoms with van der Waals surface area (Å²) in [6, 6.07) is 15.4. The molecule has 0 aliphatic carbocycles. The molecule has 8 heteroatoms.